The Labute approximate surface area is 116 Å². The van der Waals surface area contributed by atoms with Crippen molar-refractivity contribution >= 4 is 11.7 Å². The number of nitrogens with zero attached hydrogens (tertiary/aromatic N) is 1. The van der Waals surface area contributed by atoms with Crippen molar-refractivity contribution in [3.8, 4) is 0 Å². The van der Waals surface area contributed by atoms with Gasteiger partial charge in [0.1, 0.15) is 6.04 Å². The van der Waals surface area contributed by atoms with E-state index in [1.54, 1.807) is 0 Å². The number of benzene rings is 1. The van der Waals surface area contributed by atoms with Crippen LogP contribution in [0.25, 0.3) is 0 Å². The SMILES string of the molecule is CCOCCCNC(C(=O)O)c1ccc([N+](=O)[O-])cc1. The van der Waals surface area contributed by atoms with Gasteiger partial charge in [-0.1, -0.05) is 12.1 Å². The van der Waals surface area contributed by atoms with Gasteiger partial charge in [0.15, 0.2) is 0 Å². The van der Waals surface area contributed by atoms with Gasteiger partial charge in [-0.15, -0.1) is 0 Å². The molecule has 0 bridgehead atoms. The van der Waals surface area contributed by atoms with Crippen LogP contribution < -0.4 is 5.32 Å². The number of ether oxygens (including phenoxy) is 1. The summed E-state index contributed by atoms with van der Waals surface area (Å²) in [6.07, 6.45) is 0.699. The molecule has 1 atom stereocenters. The molecule has 0 aliphatic carbocycles. The van der Waals surface area contributed by atoms with Crippen LogP contribution in [-0.4, -0.2) is 35.8 Å². The zero-order chi connectivity index (χ0) is 15.0. The summed E-state index contributed by atoms with van der Waals surface area (Å²) in [7, 11) is 0. The zero-order valence-corrected chi connectivity index (χ0v) is 11.2. The molecule has 7 nitrogen and oxygen atoms in total. The van der Waals surface area contributed by atoms with E-state index in [4.69, 9.17) is 4.74 Å². The molecule has 0 heterocycles. The Bertz CT molecular complexity index is 447. The smallest absolute Gasteiger partial charge is 0.325 e. The molecular formula is C13H18N2O5. The highest BCUT2D eigenvalue weighted by molar-refractivity contribution is 5.75. The fourth-order valence-corrected chi connectivity index (χ4v) is 1.70. The van der Waals surface area contributed by atoms with Crippen molar-refractivity contribution < 1.29 is 19.6 Å². The maximum Gasteiger partial charge on any atom is 0.325 e. The van der Waals surface area contributed by atoms with Crippen LogP contribution in [-0.2, 0) is 9.53 Å². The van der Waals surface area contributed by atoms with Crippen molar-refractivity contribution in [3.05, 3.63) is 39.9 Å². The van der Waals surface area contributed by atoms with E-state index in [1.807, 2.05) is 6.92 Å². The number of hydrogen-bond acceptors (Lipinski definition) is 5. The number of carbonyl (C=O) groups is 1. The van der Waals surface area contributed by atoms with Crippen LogP contribution in [0.4, 0.5) is 5.69 Å². The molecule has 0 amide bonds. The second-order valence-electron chi connectivity index (χ2n) is 4.12. The summed E-state index contributed by atoms with van der Waals surface area (Å²) in [5, 5.41) is 22.6. The Morgan fingerprint density at radius 3 is 2.60 bits per heavy atom. The van der Waals surface area contributed by atoms with Gasteiger partial charge in [-0.05, 0) is 25.5 Å². The van der Waals surface area contributed by atoms with E-state index in [-0.39, 0.29) is 5.69 Å². The number of carboxylic acid groups (broad SMARTS) is 1. The van der Waals surface area contributed by atoms with Crippen molar-refractivity contribution in [1.29, 1.82) is 0 Å². The summed E-state index contributed by atoms with van der Waals surface area (Å²) in [5.74, 6) is -1.02. The van der Waals surface area contributed by atoms with Crippen LogP contribution in [0.2, 0.25) is 0 Å². The van der Waals surface area contributed by atoms with Gasteiger partial charge in [-0.3, -0.25) is 14.9 Å². The number of nitro benzene ring substituents is 1. The summed E-state index contributed by atoms with van der Waals surface area (Å²) in [6.45, 7) is 3.58. The molecular weight excluding hydrogens is 264 g/mol. The fraction of sp³-hybridized carbons (Fsp3) is 0.462. The van der Waals surface area contributed by atoms with Gasteiger partial charge in [-0.25, -0.2) is 0 Å². The number of hydrogen-bond donors (Lipinski definition) is 2. The average Bonchev–Trinajstić information content (AvgIpc) is 2.42. The molecule has 0 radical (unpaired) electrons. The Morgan fingerprint density at radius 2 is 2.10 bits per heavy atom. The van der Waals surface area contributed by atoms with Crippen LogP contribution in [0.3, 0.4) is 0 Å². The Kier molecular flexibility index (Phi) is 6.61. The summed E-state index contributed by atoms with van der Waals surface area (Å²) in [5.41, 5.74) is 0.425. The molecule has 1 aromatic rings. The Morgan fingerprint density at radius 1 is 1.45 bits per heavy atom. The van der Waals surface area contributed by atoms with Crippen molar-refractivity contribution in [1.82, 2.24) is 5.32 Å². The average molecular weight is 282 g/mol. The highest BCUT2D eigenvalue weighted by atomic mass is 16.6. The van der Waals surface area contributed by atoms with Crippen LogP contribution >= 0.6 is 0 Å². The van der Waals surface area contributed by atoms with Gasteiger partial charge in [0, 0.05) is 25.3 Å². The molecule has 1 unspecified atom stereocenters. The van der Waals surface area contributed by atoms with Crippen molar-refractivity contribution in [3.63, 3.8) is 0 Å². The van der Waals surface area contributed by atoms with E-state index in [1.165, 1.54) is 24.3 Å². The third-order valence-electron chi connectivity index (χ3n) is 2.70. The second kappa shape index (κ2) is 8.23. The maximum atomic E-state index is 11.2. The Balaban J connectivity index is 2.61. The monoisotopic (exact) mass is 282 g/mol. The first kappa shape index (κ1) is 16.1. The second-order valence-corrected chi connectivity index (χ2v) is 4.12. The molecule has 1 rings (SSSR count). The van der Waals surface area contributed by atoms with Gasteiger partial charge in [0.05, 0.1) is 4.92 Å². The summed E-state index contributed by atoms with van der Waals surface area (Å²) < 4.78 is 5.16. The van der Waals surface area contributed by atoms with Crippen LogP contribution in [0.1, 0.15) is 24.9 Å². The molecule has 1 aromatic carbocycles. The lowest BCUT2D eigenvalue weighted by Crippen LogP contribution is -2.29. The first-order valence-corrected chi connectivity index (χ1v) is 6.34. The summed E-state index contributed by atoms with van der Waals surface area (Å²) in [4.78, 5) is 21.2. The quantitative estimate of drug-likeness (QED) is 0.406. The summed E-state index contributed by atoms with van der Waals surface area (Å²) in [6, 6.07) is 4.62. The predicted octanol–water partition coefficient (Wildman–Crippen LogP) is 1.74. The van der Waals surface area contributed by atoms with Crippen LogP contribution in [0, 0.1) is 10.1 Å². The highest BCUT2D eigenvalue weighted by Crippen LogP contribution is 2.18. The van der Waals surface area contributed by atoms with Crippen molar-refractivity contribution in [2.24, 2.45) is 0 Å². The van der Waals surface area contributed by atoms with E-state index >= 15 is 0 Å². The molecule has 0 spiro atoms. The van der Waals surface area contributed by atoms with Gasteiger partial charge in [0.2, 0.25) is 0 Å². The third-order valence-corrected chi connectivity index (χ3v) is 2.70. The molecule has 7 heteroatoms. The van der Waals surface area contributed by atoms with Gasteiger partial charge >= 0.3 is 5.97 Å². The minimum absolute atomic E-state index is 0.0609. The topological polar surface area (TPSA) is 102 Å². The minimum Gasteiger partial charge on any atom is -0.480 e. The predicted molar refractivity (Wildman–Crippen MR) is 72.6 cm³/mol. The standard InChI is InChI=1S/C13H18N2O5/c1-2-20-9-3-8-14-12(13(16)17)10-4-6-11(7-5-10)15(18)19/h4-7,12,14H,2-3,8-9H2,1H3,(H,16,17). The zero-order valence-electron chi connectivity index (χ0n) is 11.2. The maximum absolute atomic E-state index is 11.2. The van der Waals surface area contributed by atoms with E-state index in [0.717, 1.165) is 0 Å². The number of carboxylic acids is 1. The van der Waals surface area contributed by atoms with E-state index in [2.05, 4.69) is 5.32 Å². The van der Waals surface area contributed by atoms with Gasteiger partial charge in [-0.2, -0.15) is 0 Å². The van der Waals surface area contributed by atoms with Gasteiger partial charge in [0.25, 0.3) is 5.69 Å². The molecule has 0 aliphatic heterocycles. The molecule has 0 fully saturated rings. The van der Waals surface area contributed by atoms with Gasteiger partial charge < -0.3 is 15.2 Å². The third kappa shape index (κ3) is 4.94. The lowest BCUT2D eigenvalue weighted by Gasteiger charge is -2.14. The molecule has 110 valence electrons. The molecule has 0 saturated heterocycles. The number of aliphatic carboxylic acids is 1. The highest BCUT2D eigenvalue weighted by Gasteiger charge is 2.19. The summed E-state index contributed by atoms with van der Waals surface area (Å²) >= 11 is 0. The normalized spacial score (nSPS) is 12.1. The van der Waals surface area contributed by atoms with Crippen LogP contribution in [0.15, 0.2) is 24.3 Å². The lowest BCUT2D eigenvalue weighted by molar-refractivity contribution is -0.384. The number of nitro groups is 1. The molecule has 0 aromatic heterocycles. The van der Waals surface area contributed by atoms with E-state index < -0.39 is 16.9 Å². The molecule has 2 N–H and O–H groups in total. The lowest BCUT2D eigenvalue weighted by atomic mass is 10.1. The number of rotatable bonds is 9. The molecule has 20 heavy (non-hydrogen) atoms. The van der Waals surface area contributed by atoms with E-state index in [9.17, 15) is 20.0 Å². The largest absolute Gasteiger partial charge is 0.480 e. The number of non-ortho nitro benzene ring substituents is 1. The first-order chi connectivity index (χ1) is 9.56. The Hall–Kier alpha value is -1.99. The molecule has 0 saturated carbocycles. The van der Waals surface area contributed by atoms with Crippen molar-refractivity contribution in [2.45, 2.75) is 19.4 Å². The number of nitrogens with one attached hydrogen (secondary N) is 1. The first-order valence-electron chi connectivity index (χ1n) is 6.34. The fourth-order valence-electron chi connectivity index (χ4n) is 1.70. The minimum atomic E-state index is -1.02. The van der Waals surface area contributed by atoms with E-state index in [0.29, 0.717) is 31.7 Å². The van der Waals surface area contributed by atoms with Crippen molar-refractivity contribution in [2.75, 3.05) is 19.8 Å². The molecule has 0 aliphatic rings. The van der Waals surface area contributed by atoms with Crippen LogP contribution in [0.5, 0.6) is 0 Å².